The van der Waals surface area contributed by atoms with Crippen LogP contribution in [0.4, 0.5) is 0 Å². The van der Waals surface area contributed by atoms with E-state index in [0.717, 1.165) is 5.57 Å². The van der Waals surface area contributed by atoms with Gasteiger partial charge in [-0.15, -0.1) is 0 Å². The Morgan fingerprint density at radius 1 is 1.27 bits per heavy atom. The number of hydrogen-bond donors (Lipinski definition) is 1. The second-order valence-electron chi connectivity index (χ2n) is 5.67. The maximum atomic E-state index is 12.5. The molecule has 26 heavy (non-hydrogen) atoms. The minimum Gasteiger partial charge on any atom is -0.477 e. The molecule has 0 fully saturated rings. The highest BCUT2D eigenvalue weighted by atomic mass is 35.5. The lowest BCUT2D eigenvalue weighted by molar-refractivity contribution is 0.0695. The van der Waals surface area contributed by atoms with Crippen LogP contribution >= 0.6 is 23.2 Å². The van der Waals surface area contributed by atoms with Crippen LogP contribution in [0.15, 0.2) is 40.7 Å². The Hall–Kier alpha value is -2.24. The maximum absolute atomic E-state index is 12.5. The molecule has 2 aromatic rings. The van der Waals surface area contributed by atoms with Crippen molar-refractivity contribution in [3.63, 3.8) is 0 Å². The van der Waals surface area contributed by atoms with E-state index in [0.29, 0.717) is 29.6 Å². The number of carboxylic acid groups (broad SMARTS) is 1. The van der Waals surface area contributed by atoms with Gasteiger partial charge in [-0.3, -0.25) is 4.79 Å². The Morgan fingerprint density at radius 3 is 2.50 bits per heavy atom. The van der Waals surface area contributed by atoms with Crippen molar-refractivity contribution in [3.8, 4) is 17.1 Å². The lowest BCUT2D eigenvalue weighted by Gasteiger charge is -2.20. The van der Waals surface area contributed by atoms with Crippen LogP contribution in [0.5, 0.6) is 5.88 Å². The van der Waals surface area contributed by atoms with E-state index in [2.05, 4.69) is 0 Å². The summed E-state index contributed by atoms with van der Waals surface area (Å²) in [6.45, 7) is 6.33. The smallest absolute Gasteiger partial charge is 0.341 e. The molecule has 1 aromatic carbocycles. The first kappa shape index (κ1) is 20.1. The van der Waals surface area contributed by atoms with E-state index in [1.165, 1.54) is 12.1 Å². The summed E-state index contributed by atoms with van der Waals surface area (Å²) in [4.78, 5) is 24.2. The second-order valence-corrected chi connectivity index (χ2v) is 6.49. The fourth-order valence-electron chi connectivity index (χ4n) is 2.48. The molecule has 1 aromatic heterocycles. The number of carboxylic acids is 1. The van der Waals surface area contributed by atoms with Crippen molar-refractivity contribution in [2.24, 2.45) is 0 Å². The van der Waals surface area contributed by atoms with Gasteiger partial charge < -0.3 is 14.4 Å². The van der Waals surface area contributed by atoms with Gasteiger partial charge in [-0.1, -0.05) is 35.3 Å². The van der Waals surface area contributed by atoms with Crippen LogP contribution in [0.25, 0.3) is 11.3 Å². The zero-order valence-electron chi connectivity index (χ0n) is 14.7. The number of aromatic carboxylic acids is 1. The van der Waals surface area contributed by atoms with E-state index in [1.807, 2.05) is 26.8 Å². The number of benzene rings is 1. The number of pyridine rings is 1. The first-order chi connectivity index (χ1) is 12.3. The van der Waals surface area contributed by atoms with Gasteiger partial charge in [0.2, 0.25) is 5.43 Å². The van der Waals surface area contributed by atoms with Gasteiger partial charge in [0.25, 0.3) is 0 Å². The molecule has 5 nitrogen and oxygen atoms in total. The molecule has 0 amide bonds. The Morgan fingerprint density at radius 2 is 1.96 bits per heavy atom. The summed E-state index contributed by atoms with van der Waals surface area (Å²) in [7, 11) is 0. The standard InChI is InChI=1S/C19H19Cl2NO4/c1-4-11(3)10-26-16-9-15(23)17(19(24)25)18(22(16)5-2)12-6-7-13(20)14(21)8-12/h4,6-9H,5,10H2,1-3H3,(H,24,25)/b11-4+. The molecule has 0 saturated carbocycles. The van der Waals surface area contributed by atoms with E-state index in [9.17, 15) is 14.7 Å². The first-order valence-corrected chi connectivity index (χ1v) is 8.76. The summed E-state index contributed by atoms with van der Waals surface area (Å²) in [5.41, 5.74) is 0.735. The molecule has 0 atom stereocenters. The van der Waals surface area contributed by atoms with Crippen LogP contribution in [-0.2, 0) is 6.54 Å². The third kappa shape index (κ3) is 4.11. The number of aromatic nitrogens is 1. The molecular formula is C19H19Cl2NO4. The summed E-state index contributed by atoms with van der Waals surface area (Å²) >= 11 is 12.0. The second kappa shape index (κ2) is 8.43. The highest BCUT2D eigenvalue weighted by molar-refractivity contribution is 6.42. The Kier molecular flexibility index (Phi) is 6.51. The van der Waals surface area contributed by atoms with E-state index in [-0.39, 0.29) is 16.3 Å². The van der Waals surface area contributed by atoms with Gasteiger partial charge in [0, 0.05) is 18.2 Å². The summed E-state index contributed by atoms with van der Waals surface area (Å²) in [6.07, 6.45) is 1.90. The molecule has 0 radical (unpaired) electrons. The third-order valence-corrected chi connectivity index (χ3v) is 4.68. The lowest BCUT2D eigenvalue weighted by Crippen LogP contribution is -2.22. The highest BCUT2D eigenvalue weighted by Gasteiger charge is 2.23. The van der Waals surface area contributed by atoms with Crippen molar-refractivity contribution in [1.29, 1.82) is 0 Å². The summed E-state index contributed by atoms with van der Waals surface area (Å²) in [6, 6.07) is 5.94. The average Bonchev–Trinajstić information content (AvgIpc) is 2.60. The van der Waals surface area contributed by atoms with E-state index in [4.69, 9.17) is 27.9 Å². The third-order valence-electron chi connectivity index (χ3n) is 3.94. The number of hydrogen-bond acceptors (Lipinski definition) is 3. The first-order valence-electron chi connectivity index (χ1n) is 8.01. The van der Waals surface area contributed by atoms with E-state index >= 15 is 0 Å². The van der Waals surface area contributed by atoms with Gasteiger partial charge in [-0.2, -0.15) is 0 Å². The summed E-state index contributed by atoms with van der Waals surface area (Å²) < 4.78 is 7.40. The number of ether oxygens (including phenoxy) is 1. The molecule has 0 spiro atoms. The van der Waals surface area contributed by atoms with Crippen molar-refractivity contribution < 1.29 is 14.6 Å². The molecule has 0 unspecified atom stereocenters. The molecule has 0 aliphatic rings. The van der Waals surface area contributed by atoms with Crippen LogP contribution in [0.1, 0.15) is 31.1 Å². The van der Waals surface area contributed by atoms with Gasteiger partial charge in [-0.25, -0.2) is 4.79 Å². The summed E-state index contributed by atoms with van der Waals surface area (Å²) in [5, 5.41) is 10.2. The van der Waals surface area contributed by atoms with E-state index < -0.39 is 11.4 Å². The SMILES string of the molecule is C/C=C(\C)COc1cc(=O)c(C(=O)O)c(-c2ccc(Cl)c(Cl)c2)n1CC. The molecule has 138 valence electrons. The quantitative estimate of drug-likeness (QED) is 0.707. The lowest BCUT2D eigenvalue weighted by atomic mass is 10.0. The fraction of sp³-hybridized carbons (Fsp3) is 0.263. The predicted molar refractivity (Wildman–Crippen MR) is 104 cm³/mol. The zero-order chi connectivity index (χ0) is 19.4. The van der Waals surface area contributed by atoms with Crippen LogP contribution in [-0.4, -0.2) is 22.2 Å². The molecule has 0 bridgehead atoms. The monoisotopic (exact) mass is 395 g/mol. The van der Waals surface area contributed by atoms with Gasteiger partial charge >= 0.3 is 5.97 Å². The van der Waals surface area contributed by atoms with E-state index in [1.54, 1.807) is 16.7 Å². The summed E-state index contributed by atoms with van der Waals surface area (Å²) in [5.74, 6) is -1.01. The van der Waals surface area contributed by atoms with Crippen LogP contribution in [0, 0.1) is 0 Å². The Labute approximate surface area is 161 Å². The molecular weight excluding hydrogens is 377 g/mol. The minimum absolute atomic E-state index is 0.235. The number of nitrogens with zero attached hydrogens (tertiary/aromatic N) is 1. The largest absolute Gasteiger partial charge is 0.477 e. The molecule has 1 heterocycles. The fourth-order valence-corrected chi connectivity index (χ4v) is 2.78. The van der Waals surface area contributed by atoms with Gasteiger partial charge in [-0.05, 0) is 38.5 Å². The molecule has 7 heteroatoms. The molecule has 2 rings (SSSR count). The van der Waals surface area contributed by atoms with Crippen LogP contribution in [0.3, 0.4) is 0 Å². The Bertz CT molecular complexity index is 932. The van der Waals surface area contributed by atoms with Crippen molar-refractivity contribution in [2.75, 3.05) is 6.61 Å². The van der Waals surface area contributed by atoms with Crippen LogP contribution in [0.2, 0.25) is 10.0 Å². The zero-order valence-corrected chi connectivity index (χ0v) is 16.2. The average molecular weight is 396 g/mol. The van der Waals surface area contributed by atoms with Crippen LogP contribution < -0.4 is 10.2 Å². The number of rotatable bonds is 6. The van der Waals surface area contributed by atoms with Crippen molar-refractivity contribution in [3.05, 3.63) is 61.7 Å². The molecule has 0 aliphatic heterocycles. The molecule has 0 saturated heterocycles. The van der Waals surface area contributed by atoms with Crippen molar-refractivity contribution >= 4 is 29.2 Å². The van der Waals surface area contributed by atoms with Crippen molar-refractivity contribution in [1.82, 2.24) is 4.57 Å². The number of carbonyl (C=O) groups is 1. The minimum atomic E-state index is -1.31. The predicted octanol–water partition coefficient (Wildman–Crippen LogP) is 4.89. The molecule has 1 N–H and O–H groups in total. The van der Waals surface area contributed by atoms with Gasteiger partial charge in [0.1, 0.15) is 12.2 Å². The Balaban J connectivity index is 2.76. The normalized spacial score (nSPS) is 11.5. The number of halogens is 2. The number of allylic oxidation sites excluding steroid dienone is 1. The van der Waals surface area contributed by atoms with Crippen molar-refractivity contribution in [2.45, 2.75) is 27.3 Å². The molecule has 0 aliphatic carbocycles. The topological polar surface area (TPSA) is 68.5 Å². The van der Waals surface area contributed by atoms with Gasteiger partial charge in [0.05, 0.1) is 15.7 Å². The van der Waals surface area contributed by atoms with Gasteiger partial charge in [0.15, 0.2) is 5.88 Å². The highest BCUT2D eigenvalue weighted by Crippen LogP contribution is 2.32. The maximum Gasteiger partial charge on any atom is 0.341 e.